The predicted molar refractivity (Wildman–Crippen MR) is 92.7 cm³/mol. The first-order chi connectivity index (χ1) is 11.2. The van der Waals surface area contributed by atoms with Crippen molar-refractivity contribution < 1.29 is 9.90 Å². The molecule has 0 saturated carbocycles. The maximum absolute atomic E-state index is 12.2. The molecule has 0 radical (unpaired) electrons. The molecule has 2 aromatic rings. The smallest absolute Gasteiger partial charge is 0.246 e. The maximum Gasteiger partial charge on any atom is 0.246 e. The van der Waals surface area contributed by atoms with E-state index in [0.29, 0.717) is 25.9 Å². The minimum absolute atomic E-state index is 0.0158. The monoisotopic (exact) mass is 307 g/mol. The van der Waals surface area contributed by atoms with E-state index in [-0.39, 0.29) is 12.0 Å². The summed E-state index contributed by atoms with van der Waals surface area (Å²) in [5.41, 5.74) is 3.32. The summed E-state index contributed by atoms with van der Waals surface area (Å²) in [5.74, 6) is 0.0158. The Morgan fingerprint density at radius 3 is 2.43 bits per heavy atom. The number of aliphatic hydroxyl groups excluding tert-OH is 1. The molecule has 1 heterocycles. The number of rotatable bonds is 3. The van der Waals surface area contributed by atoms with Crippen LogP contribution in [0, 0.1) is 0 Å². The van der Waals surface area contributed by atoms with E-state index >= 15 is 0 Å². The van der Waals surface area contributed by atoms with Crippen LogP contribution in [-0.2, 0) is 4.79 Å². The highest BCUT2D eigenvalue weighted by atomic mass is 16.3. The summed E-state index contributed by atoms with van der Waals surface area (Å²) in [5, 5.41) is 9.50. The molecule has 0 aromatic heterocycles. The summed E-state index contributed by atoms with van der Waals surface area (Å²) in [7, 11) is 0. The van der Waals surface area contributed by atoms with Gasteiger partial charge >= 0.3 is 0 Å². The van der Waals surface area contributed by atoms with E-state index in [1.807, 2.05) is 36.4 Å². The summed E-state index contributed by atoms with van der Waals surface area (Å²) < 4.78 is 0. The fraction of sp³-hybridized carbons (Fsp3) is 0.250. The molecule has 3 heteroatoms. The molecule has 0 unspecified atom stereocenters. The number of carbonyl (C=O) groups excluding carboxylic acids is 1. The van der Waals surface area contributed by atoms with Gasteiger partial charge in [0.2, 0.25) is 5.91 Å². The average molecular weight is 307 g/mol. The maximum atomic E-state index is 12.2. The fourth-order valence-electron chi connectivity index (χ4n) is 2.81. The van der Waals surface area contributed by atoms with Crippen LogP contribution in [0.25, 0.3) is 17.2 Å². The number of benzene rings is 2. The van der Waals surface area contributed by atoms with Gasteiger partial charge in [0.15, 0.2) is 0 Å². The Kier molecular flexibility index (Phi) is 4.89. The molecule has 3 rings (SSSR count). The van der Waals surface area contributed by atoms with Crippen LogP contribution in [0.5, 0.6) is 0 Å². The minimum Gasteiger partial charge on any atom is -0.393 e. The van der Waals surface area contributed by atoms with E-state index in [9.17, 15) is 9.90 Å². The van der Waals surface area contributed by atoms with Crippen LogP contribution in [0.15, 0.2) is 60.7 Å². The van der Waals surface area contributed by atoms with Crippen molar-refractivity contribution in [1.29, 1.82) is 0 Å². The van der Waals surface area contributed by atoms with E-state index in [1.54, 1.807) is 11.0 Å². The topological polar surface area (TPSA) is 40.5 Å². The third kappa shape index (κ3) is 4.08. The number of amides is 1. The van der Waals surface area contributed by atoms with Crippen LogP contribution < -0.4 is 0 Å². The molecule has 0 aliphatic carbocycles. The van der Waals surface area contributed by atoms with Gasteiger partial charge in [0.25, 0.3) is 0 Å². The Morgan fingerprint density at radius 1 is 1.00 bits per heavy atom. The Labute approximate surface area is 136 Å². The van der Waals surface area contributed by atoms with E-state index < -0.39 is 0 Å². The minimum atomic E-state index is -0.259. The molecule has 1 saturated heterocycles. The molecule has 118 valence electrons. The highest BCUT2D eigenvalue weighted by Crippen LogP contribution is 2.20. The second-order valence-corrected chi connectivity index (χ2v) is 5.88. The molecular weight excluding hydrogens is 286 g/mol. The molecule has 1 aliphatic rings. The third-order valence-corrected chi connectivity index (χ3v) is 4.19. The molecule has 1 fully saturated rings. The quantitative estimate of drug-likeness (QED) is 0.883. The highest BCUT2D eigenvalue weighted by Gasteiger charge is 2.19. The van der Waals surface area contributed by atoms with Gasteiger partial charge in [-0.25, -0.2) is 0 Å². The van der Waals surface area contributed by atoms with Crippen molar-refractivity contribution in [3.63, 3.8) is 0 Å². The largest absolute Gasteiger partial charge is 0.393 e. The number of nitrogens with zero attached hydrogens (tertiary/aromatic N) is 1. The Bertz CT molecular complexity index is 686. The molecular formula is C20H21NO2. The second-order valence-electron chi connectivity index (χ2n) is 5.88. The van der Waals surface area contributed by atoms with E-state index in [2.05, 4.69) is 24.3 Å². The van der Waals surface area contributed by atoms with Gasteiger partial charge in [-0.15, -0.1) is 0 Å². The molecule has 3 nitrogen and oxygen atoms in total. The van der Waals surface area contributed by atoms with E-state index in [1.165, 1.54) is 5.56 Å². The molecule has 0 atom stereocenters. The standard InChI is InChI=1S/C20H21NO2/c22-19-11-13-21(14-12-19)20(23)10-9-16-5-4-8-18(15-16)17-6-2-1-3-7-17/h1-10,15,19,22H,11-14H2. The second kappa shape index (κ2) is 7.25. The molecule has 1 amide bonds. The summed E-state index contributed by atoms with van der Waals surface area (Å²) >= 11 is 0. The van der Waals surface area contributed by atoms with Crippen molar-refractivity contribution in [2.75, 3.05) is 13.1 Å². The molecule has 2 aromatic carbocycles. The Morgan fingerprint density at radius 2 is 1.70 bits per heavy atom. The Hall–Kier alpha value is -2.39. The molecule has 1 N–H and O–H groups in total. The lowest BCUT2D eigenvalue weighted by atomic mass is 10.0. The number of aliphatic hydroxyl groups is 1. The van der Waals surface area contributed by atoms with Gasteiger partial charge in [0.05, 0.1) is 6.10 Å². The van der Waals surface area contributed by atoms with Crippen molar-refractivity contribution in [3.8, 4) is 11.1 Å². The number of likely N-dealkylation sites (tertiary alicyclic amines) is 1. The highest BCUT2D eigenvalue weighted by molar-refractivity contribution is 5.92. The summed E-state index contributed by atoms with van der Waals surface area (Å²) in [6.45, 7) is 1.27. The lowest BCUT2D eigenvalue weighted by Gasteiger charge is -2.28. The van der Waals surface area contributed by atoms with Crippen LogP contribution in [0.3, 0.4) is 0 Å². The predicted octanol–water partition coefficient (Wildman–Crippen LogP) is 3.35. The van der Waals surface area contributed by atoms with Crippen LogP contribution in [0.1, 0.15) is 18.4 Å². The van der Waals surface area contributed by atoms with Crippen LogP contribution in [0.2, 0.25) is 0 Å². The SMILES string of the molecule is O=C(C=Cc1cccc(-c2ccccc2)c1)N1CCC(O)CC1. The van der Waals surface area contributed by atoms with Crippen molar-refractivity contribution in [3.05, 3.63) is 66.2 Å². The van der Waals surface area contributed by atoms with Gasteiger partial charge in [0, 0.05) is 19.2 Å². The van der Waals surface area contributed by atoms with Gasteiger partial charge < -0.3 is 10.0 Å². The molecule has 0 spiro atoms. The van der Waals surface area contributed by atoms with Crippen LogP contribution in [-0.4, -0.2) is 35.1 Å². The number of carbonyl (C=O) groups is 1. The molecule has 0 bridgehead atoms. The molecule has 23 heavy (non-hydrogen) atoms. The van der Waals surface area contributed by atoms with Gasteiger partial charge in [-0.2, -0.15) is 0 Å². The third-order valence-electron chi connectivity index (χ3n) is 4.19. The van der Waals surface area contributed by atoms with Crippen LogP contribution >= 0.6 is 0 Å². The van der Waals surface area contributed by atoms with Crippen molar-refractivity contribution in [2.24, 2.45) is 0 Å². The first kappa shape index (κ1) is 15.5. The summed E-state index contributed by atoms with van der Waals surface area (Å²) in [4.78, 5) is 14.0. The normalized spacial score (nSPS) is 16.0. The zero-order chi connectivity index (χ0) is 16.1. The van der Waals surface area contributed by atoms with E-state index in [0.717, 1.165) is 11.1 Å². The number of hydrogen-bond acceptors (Lipinski definition) is 2. The van der Waals surface area contributed by atoms with Crippen molar-refractivity contribution in [2.45, 2.75) is 18.9 Å². The van der Waals surface area contributed by atoms with Gasteiger partial charge in [-0.1, -0.05) is 48.5 Å². The lowest BCUT2D eigenvalue weighted by Crippen LogP contribution is -2.39. The van der Waals surface area contributed by atoms with Gasteiger partial charge in [-0.3, -0.25) is 4.79 Å². The summed E-state index contributed by atoms with van der Waals surface area (Å²) in [6, 6.07) is 18.3. The molecule has 1 aliphatic heterocycles. The van der Waals surface area contributed by atoms with Gasteiger partial charge in [0.1, 0.15) is 0 Å². The van der Waals surface area contributed by atoms with E-state index in [4.69, 9.17) is 0 Å². The first-order valence-electron chi connectivity index (χ1n) is 8.03. The first-order valence-corrected chi connectivity index (χ1v) is 8.03. The zero-order valence-corrected chi connectivity index (χ0v) is 13.1. The zero-order valence-electron chi connectivity index (χ0n) is 13.1. The Balaban J connectivity index is 1.69. The van der Waals surface area contributed by atoms with Crippen molar-refractivity contribution in [1.82, 2.24) is 4.90 Å². The van der Waals surface area contributed by atoms with Gasteiger partial charge in [-0.05, 0) is 41.7 Å². The summed E-state index contributed by atoms with van der Waals surface area (Å²) in [6.07, 6.45) is 4.57. The fourth-order valence-corrected chi connectivity index (χ4v) is 2.81. The number of piperidine rings is 1. The lowest BCUT2D eigenvalue weighted by molar-refractivity contribution is -0.127. The average Bonchev–Trinajstić information content (AvgIpc) is 2.61. The van der Waals surface area contributed by atoms with Crippen LogP contribution in [0.4, 0.5) is 0 Å². The van der Waals surface area contributed by atoms with Crippen molar-refractivity contribution >= 4 is 12.0 Å². The number of hydrogen-bond donors (Lipinski definition) is 1.